The van der Waals surface area contributed by atoms with Crippen molar-refractivity contribution >= 4 is 0 Å². The van der Waals surface area contributed by atoms with Crippen molar-refractivity contribution in [3.63, 3.8) is 0 Å². The summed E-state index contributed by atoms with van der Waals surface area (Å²) in [5.74, 6) is 0.867. The zero-order valence-electron chi connectivity index (χ0n) is 12.1. The van der Waals surface area contributed by atoms with E-state index in [2.05, 4.69) is 38.0 Å². The van der Waals surface area contributed by atoms with Gasteiger partial charge in [-0.3, -0.25) is 0 Å². The van der Waals surface area contributed by atoms with Crippen LogP contribution < -0.4 is 5.32 Å². The topological polar surface area (TPSA) is 15.3 Å². The first-order valence-corrected chi connectivity index (χ1v) is 7.42. The molecular formula is C15H30N2. The molecule has 0 spiro atoms. The molecule has 1 aliphatic heterocycles. The second-order valence-corrected chi connectivity index (χ2v) is 7.12. The predicted octanol–water partition coefficient (Wildman–Crippen LogP) is 2.89. The Hall–Kier alpha value is -0.0800. The maximum atomic E-state index is 3.52. The number of rotatable bonds is 2. The molecule has 1 saturated heterocycles. The van der Waals surface area contributed by atoms with Crippen molar-refractivity contribution in [3.8, 4) is 0 Å². The van der Waals surface area contributed by atoms with Crippen LogP contribution in [0.25, 0.3) is 0 Å². The highest BCUT2D eigenvalue weighted by atomic mass is 15.2. The largest absolute Gasteiger partial charge is 0.317 e. The number of hydrogen-bond donors (Lipinski definition) is 1. The Kier molecular flexibility index (Phi) is 4.14. The summed E-state index contributed by atoms with van der Waals surface area (Å²) in [6.45, 7) is 9.75. The first-order valence-electron chi connectivity index (χ1n) is 7.42. The van der Waals surface area contributed by atoms with E-state index in [-0.39, 0.29) is 0 Å². The van der Waals surface area contributed by atoms with Gasteiger partial charge in [0.2, 0.25) is 0 Å². The Morgan fingerprint density at radius 1 is 1.12 bits per heavy atom. The lowest BCUT2D eigenvalue weighted by Crippen LogP contribution is -2.42. The first-order chi connectivity index (χ1) is 7.99. The Balaban J connectivity index is 1.96. The van der Waals surface area contributed by atoms with Crippen molar-refractivity contribution in [1.29, 1.82) is 0 Å². The number of nitrogens with zero attached hydrogens (tertiary/aromatic N) is 1. The van der Waals surface area contributed by atoms with Gasteiger partial charge in [0.1, 0.15) is 0 Å². The highest BCUT2D eigenvalue weighted by molar-refractivity contribution is 4.93. The minimum atomic E-state index is 0.557. The van der Waals surface area contributed by atoms with E-state index < -0.39 is 0 Å². The van der Waals surface area contributed by atoms with Gasteiger partial charge in [0.25, 0.3) is 0 Å². The van der Waals surface area contributed by atoms with Crippen molar-refractivity contribution in [2.45, 2.75) is 65.0 Å². The molecule has 0 amide bonds. The summed E-state index contributed by atoms with van der Waals surface area (Å²) in [5.41, 5.74) is 0.557. The van der Waals surface area contributed by atoms with Crippen LogP contribution in [0, 0.1) is 11.3 Å². The molecule has 3 atom stereocenters. The fourth-order valence-corrected chi connectivity index (χ4v) is 4.08. The zero-order valence-corrected chi connectivity index (χ0v) is 12.1. The van der Waals surface area contributed by atoms with Crippen LogP contribution in [0.5, 0.6) is 0 Å². The van der Waals surface area contributed by atoms with Gasteiger partial charge in [0, 0.05) is 12.1 Å². The van der Waals surface area contributed by atoms with Crippen LogP contribution >= 0.6 is 0 Å². The summed E-state index contributed by atoms with van der Waals surface area (Å²) in [4.78, 5) is 2.71. The fraction of sp³-hybridized carbons (Fsp3) is 1.00. The molecule has 2 aliphatic rings. The van der Waals surface area contributed by atoms with Crippen LogP contribution in [0.2, 0.25) is 0 Å². The van der Waals surface area contributed by atoms with Gasteiger partial charge in [0.15, 0.2) is 0 Å². The second-order valence-electron chi connectivity index (χ2n) is 7.12. The van der Waals surface area contributed by atoms with Gasteiger partial charge < -0.3 is 10.2 Å². The van der Waals surface area contributed by atoms with E-state index in [1.165, 1.54) is 45.2 Å². The van der Waals surface area contributed by atoms with Crippen LogP contribution in [0.15, 0.2) is 0 Å². The molecule has 3 unspecified atom stereocenters. The van der Waals surface area contributed by atoms with E-state index in [4.69, 9.17) is 0 Å². The lowest BCUT2D eigenvalue weighted by atomic mass is 9.91. The molecule has 17 heavy (non-hydrogen) atoms. The van der Waals surface area contributed by atoms with E-state index >= 15 is 0 Å². The molecule has 100 valence electrons. The van der Waals surface area contributed by atoms with E-state index in [0.29, 0.717) is 5.41 Å². The van der Waals surface area contributed by atoms with Crippen LogP contribution in [0.3, 0.4) is 0 Å². The highest BCUT2D eigenvalue weighted by Gasteiger charge is 2.40. The molecule has 1 N–H and O–H groups in total. The monoisotopic (exact) mass is 238 g/mol. The molecule has 0 aromatic heterocycles. The Morgan fingerprint density at radius 3 is 2.53 bits per heavy atom. The quantitative estimate of drug-likeness (QED) is 0.796. The average molecular weight is 238 g/mol. The molecule has 2 rings (SSSR count). The van der Waals surface area contributed by atoms with Gasteiger partial charge >= 0.3 is 0 Å². The third-order valence-electron chi connectivity index (χ3n) is 4.94. The van der Waals surface area contributed by atoms with Gasteiger partial charge in [-0.05, 0) is 63.6 Å². The summed E-state index contributed by atoms with van der Waals surface area (Å²) in [6.07, 6.45) is 6.84. The van der Waals surface area contributed by atoms with E-state index in [9.17, 15) is 0 Å². The second kappa shape index (κ2) is 5.27. The van der Waals surface area contributed by atoms with Crippen LogP contribution in [0.4, 0.5) is 0 Å². The lowest BCUT2D eigenvalue weighted by Gasteiger charge is -2.35. The average Bonchev–Trinajstić information content (AvgIpc) is 2.47. The molecule has 1 aliphatic carbocycles. The van der Waals surface area contributed by atoms with Crippen molar-refractivity contribution in [2.75, 3.05) is 20.1 Å². The molecule has 0 bridgehead atoms. The SMILES string of the molecule is CC1CC(C)(C)CC1N(C)C1CCCNCC1. The molecule has 1 saturated carbocycles. The van der Waals surface area contributed by atoms with E-state index in [0.717, 1.165) is 18.0 Å². The normalized spacial score (nSPS) is 38.3. The van der Waals surface area contributed by atoms with Crippen molar-refractivity contribution in [1.82, 2.24) is 10.2 Å². The third kappa shape index (κ3) is 3.23. The molecule has 0 radical (unpaired) electrons. The molecule has 0 aromatic carbocycles. The fourth-order valence-electron chi connectivity index (χ4n) is 4.08. The predicted molar refractivity (Wildman–Crippen MR) is 74.2 cm³/mol. The van der Waals surface area contributed by atoms with Crippen molar-refractivity contribution in [2.24, 2.45) is 11.3 Å². The minimum absolute atomic E-state index is 0.557. The minimum Gasteiger partial charge on any atom is -0.317 e. The van der Waals surface area contributed by atoms with Crippen LogP contribution in [0.1, 0.15) is 52.9 Å². The van der Waals surface area contributed by atoms with Gasteiger partial charge in [-0.25, -0.2) is 0 Å². The standard InChI is InChI=1S/C15H30N2/c1-12-10-15(2,3)11-14(12)17(4)13-6-5-8-16-9-7-13/h12-14,16H,5-11H2,1-4H3. The zero-order chi connectivity index (χ0) is 12.5. The maximum absolute atomic E-state index is 3.52. The highest BCUT2D eigenvalue weighted by Crippen LogP contribution is 2.43. The molecule has 2 nitrogen and oxygen atoms in total. The van der Waals surface area contributed by atoms with Crippen molar-refractivity contribution < 1.29 is 0 Å². The van der Waals surface area contributed by atoms with E-state index in [1.807, 2.05) is 0 Å². The van der Waals surface area contributed by atoms with Gasteiger partial charge in [-0.2, -0.15) is 0 Å². The summed E-state index contributed by atoms with van der Waals surface area (Å²) in [7, 11) is 2.37. The molecular weight excluding hydrogens is 208 g/mol. The Labute approximate surface area is 107 Å². The molecule has 2 fully saturated rings. The Bertz CT molecular complexity index is 241. The Morgan fingerprint density at radius 2 is 1.88 bits per heavy atom. The van der Waals surface area contributed by atoms with Gasteiger partial charge in [0.05, 0.1) is 0 Å². The van der Waals surface area contributed by atoms with Gasteiger partial charge in [-0.1, -0.05) is 20.8 Å². The third-order valence-corrected chi connectivity index (χ3v) is 4.94. The first kappa shape index (κ1) is 13.4. The van der Waals surface area contributed by atoms with Crippen molar-refractivity contribution in [3.05, 3.63) is 0 Å². The lowest BCUT2D eigenvalue weighted by molar-refractivity contribution is 0.131. The summed E-state index contributed by atoms with van der Waals surface area (Å²) in [5, 5.41) is 3.52. The summed E-state index contributed by atoms with van der Waals surface area (Å²) < 4.78 is 0. The number of nitrogens with one attached hydrogen (secondary N) is 1. The molecule has 2 heteroatoms. The van der Waals surface area contributed by atoms with Crippen LogP contribution in [-0.4, -0.2) is 37.1 Å². The smallest absolute Gasteiger partial charge is 0.0126 e. The van der Waals surface area contributed by atoms with E-state index in [1.54, 1.807) is 0 Å². The molecule has 0 aromatic rings. The number of hydrogen-bond acceptors (Lipinski definition) is 2. The maximum Gasteiger partial charge on any atom is 0.0126 e. The van der Waals surface area contributed by atoms with Crippen LogP contribution in [-0.2, 0) is 0 Å². The summed E-state index contributed by atoms with van der Waals surface area (Å²) >= 11 is 0. The molecule has 1 heterocycles. The van der Waals surface area contributed by atoms with Gasteiger partial charge in [-0.15, -0.1) is 0 Å². The summed E-state index contributed by atoms with van der Waals surface area (Å²) in [6, 6.07) is 1.62.